The summed E-state index contributed by atoms with van der Waals surface area (Å²) < 4.78 is 44.5. The Balaban J connectivity index is 1.32. The molecule has 2 saturated heterocycles. The van der Waals surface area contributed by atoms with Crippen LogP contribution in [0.1, 0.15) is 25.8 Å². The highest BCUT2D eigenvalue weighted by molar-refractivity contribution is 5.90. The second-order valence-corrected chi connectivity index (χ2v) is 13.3. The van der Waals surface area contributed by atoms with Crippen LogP contribution in [-0.4, -0.2) is 158 Å². The van der Waals surface area contributed by atoms with Gasteiger partial charge < -0.3 is 78.7 Å². The van der Waals surface area contributed by atoms with Gasteiger partial charge in [0.05, 0.1) is 38.1 Å². The van der Waals surface area contributed by atoms with Crippen molar-refractivity contribution in [3.63, 3.8) is 0 Å². The minimum atomic E-state index is -1.81. The van der Waals surface area contributed by atoms with Crippen LogP contribution >= 0.6 is 0 Å². The smallest absolute Gasteiger partial charge is 0.337 e. The van der Waals surface area contributed by atoms with Crippen molar-refractivity contribution in [3.05, 3.63) is 47.7 Å². The zero-order valence-electron chi connectivity index (χ0n) is 28.8. The molecule has 3 aliphatic heterocycles. The standard InChI is InChI=1S/C34H44O19/c1-14(37)53-34(2)10-18(22-17(30(45)46-3)13-47-31(23(22)34)52-33-29(44)27(42)25(40)20(12-36)51-33)49-21(38)9-6-15-4-7-16(8-5-15)48-32-28(43)26(41)24(39)19(11-35)50-32/h4-9,13,18-20,22-29,31-33,35-36,39-44H,10-12H2,1-3H3. The molecule has 1 saturated carbocycles. The van der Waals surface area contributed by atoms with Crippen LogP contribution in [0.3, 0.4) is 0 Å². The van der Waals surface area contributed by atoms with Crippen molar-refractivity contribution in [2.45, 2.75) is 99.7 Å². The van der Waals surface area contributed by atoms with Crippen LogP contribution in [0.15, 0.2) is 42.2 Å². The average molecular weight is 757 g/mol. The highest BCUT2D eigenvalue weighted by Gasteiger charge is 2.63. The van der Waals surface area contributed by atoms with Crippen LogP contribution in [0.25, 0.3) is 6.08 Å². The third-order valence-corrected chi connectivity index (χ3v) is 9.66. The van der Waals surface area contributed by atoms with E-state index in [4.69, 9.17) is 37.9 Å². The minimum absolute atomic E-state index is 0.0844. The lowest BCUT2D eigenvalue weighted by atomic mass is 9.80. The Labute approximate surface area is 302 Å². The number of hydrogen-bond donors (Lipinski definition) is 8. The summed E-state index contributed by atoms with van der Waals surface area (Å²) in [5, 5.41) is 80.3. The molecule has 0 spiro atoms. The van der Waals surface area contributed by atoms with E-state index in [-0.39, 0.29) is 17.7 Å². The second kappa shape index (κ2) is 16.7. The van der Waals surface area contributed by atoms with E-state index in [2.05, 4.69) is 0 Å². The Hall–Kier alpha value is -3.73. The number of methoxy groups -OCH3 is 1. The van der Waals surface area contributed by atoms with Crippen LogP contribution in [0.4, 0.5) is 0 Å². The Morgan fingerprint density at radius 2 is 1.43 bits per heavy atom. The van der Waals surface area contributed by atoms with Crippen LogP contribution in [0, 0.1) is 11.8 Å². The van der Waals surface area contributed by atoms with E-state index >= 15 is 0 Å². The Bertz CT molecular complexity index is 1510. The molecule has 19 heteroatoms. The number of carbonyl (C=O) groups is 3. The van der Waals surface area contributed by atoms with Gasteiger partial charge in [0, 0.05) is 25.3 Å². The lowest BCUT2D eigenvalue weighted by molar-refractivity contribution is -0.346. The molecule has 0 amide bonds. The van der Waals surface area contributed by atoms with Gasteiger partial charge in [-0.1, -0.05) is 12.1 Å². The summed E-state index contributed by atoms with van der Waals surface area (Å²) in [6.45, 7) is 1.31. The van der Waals surface area contributed by atoms with Crippen molar-refractivity contribution in [2.75, 3.05) is 20.3 Å². The SMILES string of the molecule is COC(=O)C1=COC(OC2OC(CO)C(O)C(O)C2O)C2C1C(OC(=O)C=Cc1ccc(OC3OC(CO)C(O)C(O)C3O)cc1)CC2(C)OC(C)=O. The number of esters is 3. The highest BCUT2D eigenvalue weighted by Crippen LogP contribution is 2.52. The first kappa shape index (κ1) is 40.5. The predicted molar refractivity (Wildman–Crippen MR) is 171 cm³/mol. The van der Waals surface area contributed by atoms with Gasteiger partial charge in [0.15, 0.2) is 6.29 Å². The maximum atomic E-state index is 13.2. The van der Waals surface area contributed by atoms with Crippen LogP contribution < -0.4 is 4.74 Å². The molecule has 4 aliphatic rings. The average Bonchev–Trinajstić information content (AvgIpc) is 3.41. The molecule has 8 N–H and O–H groups in total. The Morgan fingerprint density at radius 1 is 0.849 bits per heavy atom. The molecule has 0 bridgehead atoms. The summed E-state index contributed by atoms with van der Waals surface area (Å²) in [6, 6.07) is 6.04. The fourth-order valence-corrected chi connectivity index (χ4v) is 7.02. The fraction of sp³-hybridized carbons (Fsp3) is 0.618. The Kier molecular flexibility index (Phi) is 12.8. The van der Waals surface area contributed by atoms with E-state index in [1.807, 2.05) is 0 Å². The number of hydrogen-bond acceptors (Lipinski definition) is 19. The quantitative estimate of drug-likeness (QED) is 0.0633. The molecule has 1 aromatic carbocycles. The summed E-state index contributed by atoms with van der Waals surface area (Å²) in [6.07, 6.45) is -14.8. The predicted octanol–water partition coefficient (Wildman–Crippen LogP) is -3.02. The molecule has 15 atom stereocenters. The van der Waals surface area contributed by atoms with Gasteiger partial charge in [-0.05, 0) is 30.7 Å². The maximum absolute atomic E-state index is 13.2. The highest BCUT2D eigenvalue weighted by atomic mass is 16.8. The summed E-state index contributed by atoms with van der Waals surface area (Å²) >= 11 is 0. The zero-order valence-corrected chi connectivity index (χ0v) is 28.8. The number of carbonyl (C=O) groups excluding carboxylic acids is 3. The van der Waals surface area contributed by atoms with Crippen molar-refractivity contribution in [1.29, 1.82) is 0 Å². The zero-order chi connectivity index (χ0) is 38.8. The number of aliphatic hydroxyl groups is 8. The van der Waals surface area contributed by atoms with Crippen molar-refractivity contribution < 1.29 is 93.1 Å². The van der Waals surface area contributed by atoms with E-state index in [0.717, 1.165) is 26.4 Å². The van der Waals surface area contributed by atoms with Gasteiger partial charge in [0.1, 0.15) is 66.3 Å². The molecule has 5 rings (SSSR count). The van der Waals surface area contributed by atoms with Crippen molar-refractivity contribution in [2.24, 2.45) is 11.8 Å². The van der Waals surface area contributed by atoms with Gasteiger partial charge in [-0.3, -0.25) is 4.79 Å². The first-order chi connectivity index (χ1) is 25.1. The van der Waals surface area contributed by atoms with Crippen molar-refractivity contribution in [1.82, 2.24) is 0 Å². The van der Waals surface area contributed by atoms with E-state index in [9.17, 15) is 55.2 Å². The summed E-state index contributed by atoms with van der Waals surface area (Å²) in [4.78, 5) is 38.5. The lowest BCUT2D eigenvalue weighted by Gasteiger charge is -2.44. The number of aliphatic hydroxyl groups excluding tert-OH is 8. The molecular formula is C34H44O19. The molecule has 3 heterocycles. The number of ether oxygens (including phenoxy) is 8. The normalized spacial score (nSPS) is 39.7. The topological polar surface area (TPSA) is 287 Å². The molecule has 0 aromatic heterocycles. The van der Waals surface area contributed by atoms with Gasteiger partial charge in [0.2, 0.25) is 12.6 Å². The summed E-state index contributed by atoms with van der Waals surface area (Å²) in [5.74, 6) is -4.40. The second-order valence-electron chi connectivity index (χ2n) is 13.3. The third-order valence-electron chi connectivity index (χ3n) is 9.66. The monoisotopic (exact) mass is 756 g/mol. The molecular weight excluding hydrogens is 712 g/mol. The number of fused-ring (bicyclic) bond motifs is 1. The van der Waals surface area contributed by atoms with Gasteiger partial charge in [-0.15, -0.1) is 0 Å². The van der Waals surface area contributed by atoms with Crippen molar-refractivity contribution in [3.8, 4) is 5.75 Å². The summed E-state index contributed by atoms with van der Waals surface area (Å²) in [5.41, 5.74) is -1.11. The van der Waals surface area contributed by atoms with Crippen molar-refractivity contribution >= 4 is 24.0 Å². The van der Waals surface area contributed by atoms with Gasteiger partial charge in [-0.2, -0.15) is 0 Å². The molecule has 1 aliphatic carbocycles. The first-order valence-corrected chi connectivity index (χ1v) is 16.7. The molecule has 19 nitrogen and oxygen atoms in total. The Morgan fingerprint density at radius 3 is 2.00 bits per heavy atom. The van der Waals surface area contributed by atoms with E-state index in [1.165, 1.54) is 25.1 Å². The fourth-order valence-electron chi connectivity index (χ4n) is 7.02. The molecule has 0 radical (unpaired) electrons. The number of rotatable bonds is 11. The first-order valence-electron chi connectivity index (χ1n) is 16.7. The van der Waals surface area contributed by atoms with E-state index < -0.39 is 122 Å². The maximum Gasteiger partial charge on any atom is 0.337 e. The van der Waals surface area contributed by atoms with E-state index in [0.29, 0.717) is 5.56 Å². The summed E-state index contributed by atoms with van der Waals surface area (Å²) in [7, 11) is 1.12. The molecule has 1 aromatic rings. The van der Waals surface area contributed by atoms with Gasteiger partial charge >= 0.3 is 17.9 Å². The van der Waals surface area contributed by atoms with Crippen LogP contribution in [-0.2, 0) is 47.5 Å². The molecule has 15 unspecified atom stereocenters. The minimum Gasteiger partial charge on any atom is -0.471 e. The van der Waals surface area contributed by atoms with Gasteiger partial charge in [-0.25, -0.2) is 9.59 Å². The van der Waals surface area contributed by atoms with Crippen LogP contribution in [0.5, 0.6) is 5.75 Å². The van der Waals surface area contributed by atoms with Crippen LogP contribution in [0.2, 0.25) is 0 Å². The van der Waals surface area contributed by atoms with Gasteiger partial charge in [0.25, 0.3) is 0 Å². The third kappa shape index (κ3) is 8.50. The molecule has 294 valence electrons. The van der Waals surface area contributed by atoms with E-state index in [1.54, 1.807) is 12.1 Å². The lowest BCUT2D eigenvalue weighted by Crippen LogP contribution is -2.61. The largest absolute Gasteiger partial charge is 0.471 e. The number of benzene rings is 1. The molecule has 53 heavy (non-hydrogen) atoms. The molecule has 3 fully saturated rings.